The first-order valence-corrected chi connectivity index (χ1v) is 9.98. The van der Waals surface area contributed by atoms with Crippen molar-refractivity contribution in [2.75, 3.05) is 0 Å². The summed E-state index contributed by atoms with van der Waals surface area (Å²) in [6.07, 6.45) is 6.24. The summed E-state index contributed by atoms with van der Waals surface area (Å²) in [4.78, 5) is 0. The van der Waals surface area contributed by atoms with Crippen LogP contribution in [0, 0.1) is 5.92 Å². The van der Waals surface area contributed by atoms with Gasteiger partial charge in [0, 0.05) is 8.07 Å². The monoisotopic (exact) mass is 230 g/mol. The number of allylic oxidation sites excluding steroid dienone is 2. The van der Waals surface area contributed by atoms with Crippen molar-refractivity contribution in [3.05, 3.63) is 48.0 Å². The molecule has 2 atom stereocenters. The van der Waals surface area contributed by atoms with E-state index in [2.05, 4.69) is 62.1 Å². The smallest absolute Gasteiger partial charge is 0.0480 e. The van der Waals surface area contributed by atoms with Crippen LogP contribution < -0.4 is 0 Å². The predicted molar refractivity (Wildman–Crippen MR) is 74.6 cm³/mol. The standard InChI is InChI=1S/C15H22Si/c1-16(2,3)11-7-10-14-12-15(14)13-8-5-4-6-9-13/h4-10,14-15H,11-12H2,1-3H3/b10-7+. The minimum atomic E-state index is -0.884. The molecule has 1 aromatic rings. The molecule has 1 aromatic carbocycles. The van der Waals surface area contributed by atoms with Gasteiger partial charge in [-0.2, -0.15) is 0 Å². The third-order valence-electron chi connectivity index (χ3n) is 3.18. The van der Waals surface area contributed by atoms with Gasteiger partial charge in [-0.25, -0.2) is 0 Å². The number of benzene rings is 1. The van der Waals surface area contributed by atoms with E-state index in [0.29, 0.717) is 0 Å². The summed E-state index contributed by atoms with van der Waals surface area (Å²) in [7, 11) is -0.884. The van der Waals surface area contributed by atoms with E-state index in [4.69, 9.17) is 0 Å². The Bertz CT molecular complexity index is 359. The molecule has 16 heavy (non-hydrogen) atoms. The molecule has 86 valence electrons. The van der Waals surface area contributed by atoms with Crippen LogP contribution >= 0.6 is 0 Å². The van der Waals surface area contributed by atoms with Crippen molar-refractivity contribution >= 4 is 8.07 Å². The molecule has 0 bridgehead atoms. The van der Waals surface area contributed by atoms with Gasteiger partial charge in [-0.1, -0.05) is 62.1 Å². The van der Waals surface area contributed by atoms with Gasteiger partial charge < -0.3 is 0 Å². The van der Waals surface area contributed by atoms with Crippen LogP contribution in [-0.4, -0.2) is 8.07 Å². The first kappa shape index (κ1) is 11.7. The number of rotatable bonds is 4. The molecule has 0 spiro atoms. The third-order valence-corrected chi connectivity index (χ3v) is 4.64. The maximum atomic E-state index is 2.45. The molecule has 0 amide bonds. The SMILES string of the molecule is C[Si](C)(C)C/C=C/C1CC1c1ccccc1. The average Bonchev–Trinajstić information content (AvgIpc) is 2.97. The lowest BCUT2D eigenvalue weighted by atomic mass is 10.1. The summed E-state index contributed by atoms with van der Waals surface area (Å²) in [6, 6.07) is 12.2. The average molecular weight is 230 g/mol. The molecule has 0 N–H and O–H groups in total. The Hall–Kier alpha value is -0.823. The summed E-state index contributed by atoms with van der Waals surface area (Å²) < 4.78 is 0. The van der Waals surface area contributed by atoms with Crippen molar-refractivity contribution in [3.63, 3.8) is 0 Å². The molecule has 1 fully saturated rings. The van der Waals surface area contributed by atoms with Crippen LogP contribution in [0.2, 0.25) is 25.7 Å². The van der Waals surface area contributed by atoms with Crippen LogP contribution in [0.25, 0.3) is 0 Å². The van der Waals surface area contributed by atoms with Gasteiger partial charge in [0.05, 0.1) is 0 Å². The Balaban J connectivity index is 1.84. The highest BCUT2D eigenvalue weighted by Crippen LogP contribution is 2.48. The van der Waals surface area contributed by atoms with E-state index < -0.39 is 8.07 Å². The molecule has 0 aliphatic heterocycles. The van der Waals surface area contributed by atoms with Gasteiger partial charge in [-0.05, 0) is 29.9 Å². The maximum absolute atomic E-state index is 2.45. The second kappa shape index (κ2) is 4.58. The zero-order valence-electron chi connectivity index (χ0n) is 10.6. The van der Waals surface area contributed by atoms with E-state index in [1.54, 1.807) is 0 Å². The molecule has 2 unspecified atom stereocenters. The van der Waals surface area contributed by atoms with E-state index in [1.165, 1.54) is 18.0 Å². The summed E-state index contributed by atoms with van der Waals surface area (Å²) in [6.45, 7) is 7.29. The maximum Gasteiger partial charge on any atom is 0.0480 e. The number of hydrogen-bond acceptors (Lipinski definition) is 0. The highest BCUT2D eigenvalue weighted by molar-refractivity contribution is 6.76. The molecule has 0 heterocycles. The fourth-order valence-corrected chi connectivity index (χ4v) is 2.95. The Morgan fingerprint density at radius 2 is 1.88 bits per heavy atom. The van der Waals surface area contributed by atoms with Gasteiger partial charge >= 0.3 is 0 Å². The third kappa shape index (κ3) is 3.34. The lowest BCUT2D eigenvalue weighted by Gasteiger charge is -2.11. The van der Waals surface area contributed by atoms with Crippen LogP contribution in [0.1, 0.15) is 17.9 Å². The molecule has 1 saturated carbocycles. The lowest BCUT2D eigenvalue weighted by Crippen LogP contribution is -2.17. The van der Waals surface area contributed by atoms with Gasteiger partial charge in [-0.3, -0.25) is 0 Å². The van der Waals surface area contributed by atoms with Crippen LogP contribution in [0.3, 0.4) is 0 Å². The summed E-state index contributed by atoms with van der Waals surface area (Å²) >= 11 is 0. The van der Waals surface area contributed by atoms with Crippen molar-refractivity contribution in [1.82, 2.24) is 0 Å². The molecular weight excluding hydrogens is 208 g/mol. The zero-order chi connectivity index (χ0) is 11.6. The summed E-state index contributed by atoms with van der Waals surface area (Å²) in [5.74, 6) is 1.62. The van der Waals surface area contributed by atoms with Crippen molar-refractivity contribution in [2.24, 2.45) is 5.92 Å². The van der Waals surface area contributed by atoms with E-state index in [1.807, 2.05) is 0 Å². The van der Waals surface area contributed by atoms with Gasteiger partial charge in [0.1, 0.15) is 0 Å². The van der Waals surface area contributed by atoms with Gasteiger partial charge in [0.15, 0.2) is 0 Å². The molecule has 0 saturated heterocycles. The fraction of sp³-hybridized carbons (Fsp3) is 0.467. The Labute approximate surface area is 100 Å². The minimum Gasteiger partial charge on any atom is -0.0909 e. The quantitative estimate of drug-likeness (QED) is 0.520. The van der Waals surface area contributed by atoms with Crippen molar-refractivity contribution in [3.8, 4) is 0 Å². The van der Waals surface area contributed by atoms with Crippen LogP contribution in [0.15, 0.2) is 42.5 Å². The van der Waals surface area contributed by atoms with E-state index in [0.717, 1.165) is 11.8 Å². The topological polar surface area (TPSA) is 0 Å². The Morgan fingerprint density at radius 3 is 2.50 bits per heavy atom. The molecule has 0 radical (unpaired) electrons. The van der Waals surface area contributed by atoms with Gasteiger partial charge in [0.2, 0.25) is 0 Å². The van der Waals surface area contributed by atoms with Gasteiger partial charge in [-0.15, -0.1) is 0 Å². The first-order chi connectivity index (χ1) is 7.56. The second-order valence-electron chi connectivity index (χ2n) is 6.11. The normalized spacial score (nSPS) is 24.9. The van der Waals surface area contributed by atoms with E-state index >= 15 is 0 Å². The van der Waals surface area contributed by atoms with Crippen LogP contribution in [0.5, 0.6) is 0 Å². The second-order valence-corrected chi connectivity index (χ2v) is 11.6. The Kier molecular flexibility index (Phi) is 3.34. The minimum absolute atomic E-state index is 0.805. The largest absolute Gasteiger partial charge is 0.0909 e. The molecule has 1 heteroatoms. The van der Waals surface area contributed by atoms with Crippen LogP contribution in [0.4, 0.5) is 0 Å². The molecule has 1 aliphatic rings. The Morgan fingerprint density at radius 1 is 1.19 bits per heavy atom. The number of hydrogen-bond donors (Lipinski definition) is 0. The summed E-state index contributed by atoms with van der Waals surface area (Å²) in [5, 5.41) is 0. The van der Waals surface area contributed by atoms with Gasteiger partial charge in [0.25, 0.3) is 0 Å². The molecule has 1 aliphatic carbocycles. The fourth-order valence-electron chi connectivity index (χ4n) is 2.11. The zero-order valence-corrected chi connectivity index (χ0v) is 11.6. The van der Waals surface area contributed by atoms with Crippen LogP contribution in [-0.2, 0) is 0 Å². The summed E-state index contributed by atoms with van der Waals surface area (Å²) in [5.41, 5.74) is 1.52. The lowest BCUT2D eigenvalue weighted by molar-refractivity contribution is 1.01. The van der Waals surface area contributed by atoms with Crippen molar-refractivity contribution in [2.45, 2.75) is 38.0 Å². The van der Waals surface area contributed by atoms with Crippen molar-refractivity contribution < 1.29 is 0 Å². The van der Waals surface area contributed by atoms with E-state index in [-0.39, 0.29) is 0 Å². The highest BCUT2D eigenvalue weighted by Gasteiger charge is 2.35. The predicted octanol–water partition coefficient (Wildman–Crippen LogP) is 4.68. The van der Waals surface area contributed by atoms with E-state index in [9.17, 15) is 0 Å². The highest BCUT2D eigenvalue weighted by atomic mass is 28.3. The molecule has 2 rings (SSSR count). The molecule has 0 aromatic heterocycles. The first-order valence-electron chi connectivity index (χ1n) is 6.28. The molecular formula is C15H22Si. The van der Waals surface area contributed by atoms with Crippen molar-refractivity contribution in [1.29, 1.82) is 0 Å². The molecule has 0 nitrogen and oxygen atoms in total.